The van der Waals surface area contributed by atoms with E-state index in [1.807, 2.05) is 0 Å². The summed E-state index contributed by atoms with van der Waals surface area (Å²) in [6.07, 6.45) is 0. The van der Waals surface area contributed by atoms with Gasteiger partial charge in [0, 0.05) is 23.1 Å². The first kappa shape index (κ1) is 32.0. The molecule has 46 heavy (non-hydrogen) atoms. The number of nitrogens with zero attached hydrogens (tertiary/aromatic N) is 3. The van der Waals surface area contributed by atoms with Crippen LogP contribution >= 0.6 is 23.1 Å². The number of carbonyl (C=O) groups excluding carboxylic acids is 3. The quantitative estimate of drug-likeness (QED) is 0.0853. The highest BCUT2D eigenvalue weighted by Gasteiger charge is 2.54. The molecule has 0 aliphatic carbocycles. The molecule has 2 aliphatic heterocycles. The van der Waals surface area contributed by atoms with E-state index in [2.05, 4.69) is 25.8 Å². The van der Waals surface area contributed by atoms with Crippen molar-refractivity contribution < 1.29 is 44.1 Å². The molecule has 0 saturated carbocycles. The molecule has 5 rings (SSSR count). The number of fused-ring (bicyclic) bond motifs is 2. The third-order valence-electron chi connectivity index (χ3n) is 6.96. The average Bonchev–Trinajstić information content (AvgIpc) is 3.43. The summed E-state index contributed by atoms with van der Waals surface area (Å²) in [6, 6.07) is 4.61. The van der Waals surface area contributed by atoms with Crippen LogP contribution in [0.4, 0.5) is 5.13 Å². The van der Waals surface area contributed by atoms with Crippen LogP contribution in [-0.2, 0) is 24.0 Å². The number of nitrogen functional groups attached to an aromatic ring is 1. The molecule has 4 heterocycles. The minimum absolute atomic E-state index is 0.0302. The number of pyridine rings is 1. The minimum atomic E-state index is -1.81. The predicted molar refractivity (Wildman–Crippen MR) is 164 cm³/mol. The van der Waals surface area contributed by atoms with Crippen LogP contribution in [0.2, 0.25) is 0 Å². The van der Waals surface area contributed by atoms with Gasteiger partial charge in [0.25, 0.3) is 23.3 Å². The molecule has 240 valence electrons. The van der Waals surface area contributed by atoms with Gasteiger partial charge in [0.1, 0.15) is 22.8 Å². The Kier molecular flexibility index (Phi) is 8.46. The number of anilines is 1. The van der Waals surface area contributed by atoms with Gasteiger partial charge in [-0.2, -0.15) is 0 Å². The van der Waals surface area contributed by atoms with Gasteiger partial charge in [-0.1, -0.05) is 17.3 Å². The van der Waals surface area contributed by atoms with Crippen molar-refractivity contribution in [3.8, 4) is 5.75 Å². The maximum Gasteiger partial charge on any atom is 0.352 e. The number of carboxylic acids is 2. The number of thiazole rings is 1. The molecule has 3 amide bonds. The Labute approximate surface area is 266 Å². The molecule has 2 atom stereocenters. The number of β-lactam (4-membered cyclic amide) rings is 1. The summed E-state index contributed by atoms with van der Waals surface area (Å²) in [4.78, 5) is 87.7. The monoisotopic (exact) mass is 671 g/mol. The fourth-order valence-corrected chi connectivity index (χ4v) is 6.41. The lowest BCUT2D eigenvalue weighted by Crippen LogP contribution is -2.71. The van der Waals surface area contributed by atoms with Crippen LogP contribution in [0, 0.1) is 0 Å². The molecule has 19 heteroatoms. The number of thioether (sulfide) groups is 1. The van der Waals surface area contributed by atoms with E-state index >= 15 is 0 Å². The van der Waals surface area contributed by atoms with Gasteiger partial charge in [-0.25, -0.2) is 14.6 Å². The number of aliphatic carboxylic acids is 2. The third-order valence-corrected chi connectivity index (χ3v) is 8.98. The van der Waals surface area contributed by atoms with Crippen molar-refractivity contribution in [3.05, 3.63) is 62.5 Å². The SMILES string of the molecule is CC(C)(ON=C(C(=O)NC1C(=O)N2C(C(=O)O)=C(CNC(=O)c3cccc4cc(O)c(=O)[nH]c34)CS[C@@H]12)c1csc(N)n1)C(=O)O. The molecule has 1 aromatic carbocycles. The van der Waals surface area contributed by atoms with Crippen molar-refractivity contribution in [2.75, 3.05) is 18.0 Å². The van der Waals surface area contributed by atoms with Crippen LogP contribution in [0.3, 0.4) is 0 Å². The molecule has 1 fully saturated rings. The fraction of sp³-hybridized carbons (Fsp3) is 0.259. The second-order valence-electron chi connectivity index (χ2n) is 10.5. The number of hydrogen-bond donors (Lipinski definition) is 7. The van der Waals surface area contributed by atoms with Crippen molar-refractivity contribution in [2.45, 2.75) is 30.9 Å². The lowest BCUT2D eigenvalue weighted by atomic mass is 10.0. The van der Waals surface area contributed by atoms with E-state index in [9.17, 15) is 44.1 Å². The van der Waals surface area contributed by atoms with Gasteiger partial charge in [0.2, 0.25) is 5.60 Å². The van der Waals surface area contributed by atoms with Gasteiger partial charge >= 0.3 is 11.9 Å². The molecular weight excluding hydrogens is 646 g/mol. The predicted octanol–water partition coefficient (Wildman–Crippen LogP) is 0.0249. The number of aromatic hydroxyl groups is 1. The minimum Gasteiger partial charge on any atom is -0.503 e. The Morgan fingerprint density at radius 1 is 1.24 bits per heavy atom. The summed E-state index contributed by atoms with van der Waals surface area (Å²) in [6.45, 7) is 2.17. The molecule has 0 spiro atoms. The highest BCUT2D eigenvalue weighted by molar-refractivity contribution is 8.00. The molecule has 3 aromatic rings. The first-order chi connectivity index (χ1) is 21.7. The number of amides is 3. The van der Waals surface area contributed by atoms with Crippen LogP contribution < -0.4 is 21.9 Å². The van der Waals surface area contributed by atoms with Gasteiger partial charge in [0.15, 0.2) is 16.6 Å². The van der Waals surface area contributed by atoms with Gasteiger partial charge in [-0.05, 0) is 31.6 Å². The van der Waals surface area contributed by atoms with E-state index in [-0.39, 0.29) is 45.5 Å². The summed E-state index contributed by atoms with van der Waals surface area (Å²) in [5.41, 5.74) is 2.71. The molecule has 0 bridgehead atoms. The van der Waals surface area contributed by atoms with E-state index in [0.29, 0.717) is 5.39 Å². The number of nitrogens with one attached hydrogen (secondary N) is 3. The number of hydrogen-bond acceptors (Lipinski definition) is 13. The van der Waals surface area contributed by atoms with E-state index in [1.54, 1.807) is 12.1 Å². The van der Waals surface area contributed by atoms with E-state index in [0.717, 1.165) is 28.0 Å². The number of aromatic amines is 1. The Bertz CT molecular complexity index is 1930. The van der Waals surface area contributed by atoms with Gasteiger partial charge in [0.05, 0.1) is 11.1 Å². The standard InChI is InChI=1S/C27H25N7O10S2/c1-27(2,25(42)43)44-33-16(13-9-46-26(28)30-13)21(38)32-17-22(39)34-18(24(40)41)11(8-45-23(17)34)7-29-19(36)12-5-3-4-10-6-14(35)20(37)31-15(10)12/h3-6,9,17,23,35H,7-8H2,1-2H3,(H2,28,30)(H,29,36)(H,31,37)(H,32,38)(H,40,41)(H,42,43)/t17?,23-/m0/s1. The zero-order valence-electron chi connectivity index (χ0n) is 23.9. The second-order valence-corrected chi connectivity index (χ2v) is 12.5. The normalized spacial score (nSPS) is 18.1. The third kappa shape index (κ3) is 5.96. The summed E-state index contributed by atoms with van der Waals surface area (Å²) in [7, 11) is 0. The van der Waals surface area contributed by atoms with Gasteiger partial charge < -0.3 is 41.5 Å². The number of benzene rings is 1. The molecule has 1 unspecified atom stereocenters. The van der Waals surface area contributed by atoms with Crippen molar-refractivity contribution in [2.24, 2.45) is 5.16 Å². The summed E-state index contributed by atoms with van der Waals surface area (Å²) >= 11 is 2.13. The zero-order chi connectivity index (χ0) is 33.5. The Balaban J connectivity index is 1.33. The molecular formula is C27H25N7O10S2. The topological polar surface area (TPSA) is 267 Å². The fourth-order valence-electron chi connectivity index (χ4n) is 4.52. The highest BCUT2D eigenvalue weighted by Crippen LogP contribution is 2.40. The number of para-hydroxylation sites is 1. The van der Waals surface area contributed by atoms with Crippen LogP contribution in [0.15, 0.2) is 50.9 Å². The first-order valence-electron chi connectivity index (χ1n) is 13.2. The van der Waals surface area contributed by atoms with E-state index < -0.39 is 63.7 Å². The molecule has 0 radical (unpaired) electrons. The van der Waals surface area contributed by atoms with E-state index in [4.69, 9.17) is 10.6 Å². The van der Waals surface area contributed by atoms with Crippen molar-refractivity contribution in [3.63, 3.8) is 0 Å². The molecule has 1 saturated heterocycles. The smallest absolute Gasteiger partial charge is 0.352 e. The van der Waals surface area contributed by atoms with Gasteiger partial charge in [-0.15, -0.1) is 23.1 Å². The molecule has 2 aliphatic rings. The Hall–Kier alpha value is -5.43. The van der Waals surface area contributed by atoms with Crippen LogP contribution in [-0.4, -0.2) is 94.9 Å². The number of H-pyrrole nitrogens is 1. The summed E-state index contributed by atoms with van der Waals surface area (Å²) in [5, 5.41) is 38.9. The highest BCUT2D eigenvalue weighted by atomic mass is 32.2. The van der Waals surface area contributed by atoms with Crippen molar-refractivity contribution >= 4 is 74.5 Å². The Morgan fingerprint density at radius 2 is 1.98 bits per heavy atom. The van der Waals surface area contributed by atoms with Crippen LogP contribution in [0.5, 0.6) is 5.75 Å². The van der Waals surface area contributed by atoms with E-state index in [1.165, 1.54) is 31.4 Å². The number of rotatable bonds is 10. The summed E-state index contributed by atoms with van der Waals surface area (Å²) < 4.78 is 0. The second kappa shape index (κ2) is 12.2. The average molecular weight is 672 g/mol. The molecule has 8 N–H and O–H groups in total. The first-order valence-corrected chi connectivity index (χ1v) is 15.2. The van der Waals surface area contributed by atoms with Gasteiger partial charge in [-0.3, -0.25) is 24.1 Å². The van der Waals surface area contributed by atoms with Crippen molar-refractivity contribution in [1.82, 2.24) is 25.5 Å². The number of carboxylic acid groups (broad SMARTS) is 2. The number of aromatic nitrogens is 2. The molecule has 2 aromatic heterocycles. The Morgan fingerprint density at radius 3 is 2.63 bits per heavy atom. The van der Waals surface area contributed by atoms with Crippen LogP contribution in [0.1, 0.15) is 29.9 Å². The number of carbonyl (C=O) groups is 5. The molecule has 17 nitrogen and oxygen atoms in total. The maximum absolute atomic E-state index is 13.3. The summed E-state index contributed by atoms with van der Waals surface area (Å²) in [5.74, 6) is -5.56. The maximum atomic E-state index is 13.3. The lowest BCUT2D eigenvalue weighted by Gasteiger charge is -2.49. The lowest BCUT2D eigenvalue weighted by molar-refractivity contribution is -0.161. The largest absolute Gasteiger partial charge is 0.503 e. The zero-order valence-corrected chi connectivity index (χ0v) is 25.5. The number of oxime groups is 1. The van der Waals surface area contributed by atoms with Crippen molar-refractivity contribution in [1.29, 1.82) is 0 Å². The van der Waals surface area contributed by atoms with Crippen LogP contribution in [0.25, 0.3) is 10.9 Å². The number of nitrogens with two attached hydrogens (primary N) is 1.